The van der Waals surface area contributed by atoms with Gasteiger partial charge in [0.25, 0.3) is 0 Å². The lowest BCUT2D eigenvalue weighted by atomic mass is 10.0. The molecule has 1 atom stereocenters. The van der Waals surface area contributed by atoms with Crippen LogP contribution in [0.2, 0.25) is 0 Å². The quantitative estimate of drug-likeness (QED) is 0.255. The molecule has 2 heterocycles. The zero-order valence-corrected chi connectivity index (χ0v) is 22.2. The molecular weight excluding hydrogens is 492 g/mol. The number of benzene rings is 3. The lowest BCUT2D eigenvalue weighted by Gasteiger charge is -2.17. The van der Waals surface area contributed by atoms with Gasteiger partial charge >= 0.3 is 0 Å². The van der Waals surface area contributed by atoms with Crippen LogP contribution in [0.15, 0.2) is 85.2 Å². The summed E-state index contributed by atoms with van der Waals surface area (Å²) in [7, 11) is 3.93. The molecule has 0 radical (unpaired) electrons. The molecule has 0 spiro atoms. The Morgan fingerprint density at radius 3 is 2.62 bits per heavy atom. The summed E-state index contributed by atoms with van der Waals surface area (Å²) in [4.78, 5) is 23.8. The number of ether oxygens (including phenoxy) is 3. The minimum atomic E-state index is -0.0448. The monoisotopic (exact) mass is 524 g/mol. The van der Waals surface area contributed by atoms with E-state index in [0.29, 0.717) is 31.3 Å². The van der Waals surface area contributed by atoms with Crippen molar-refractivity contribution in [3.05, 3.63) is 90.8 Å². The molecule has 8 nitrogen and oxygen atoms in total. The maximum atomic E-state index is 12.8. The van der Waals surface area contributed by atoms with E-state index in [-0.39, 0.29) is 18.3 Å². The Morgan fingerprint density at radius 2 is 1.87 bits per heavy atom. The Bertz CT molecular complexity index is 1430. The largest absolute Gasteiger partial charge is 0.488 e. The van der Waals surface area contributed by atoms with Gasteiger partial charge in [-0.2, -0.15) is 0 Å². The van der Waals surface area contributed by atoms with Gasteiger partial charge in [0.2, 0.25) is 0 Å². The number of carbonyl (C=O) groups is 1. The Hall–Kier alpha value is -4.27. The van der Waals surface area contributed by atoms with Crippen LogP contribution in [0.5, 0.6) is 17.2 Å². The van der Waals surface area contributed by atoms with E-state index in [1.54, 1.807) is 6.08 Å². The number of anilines is 2. The van der Waals surface area contributed by atoms with Crippen LogP contribution in [0.3, 0.4) is 0 Å². The molecular formula is C31H32N4O4. The fraction of sp³-hybridized carbons (Fsp3) is 0.258. The maximum absolute atomic E-state index is 12.8. The zero-order valence-electron chi connectivity index (χ0n) is 22.2. The predicted octanol–water partition coefficient (Wildman–Crippen LogP) is 5.56. The second-order valence-electron chi connectivity index (χ2n) is 9.67. The van der Waals surface area contributed by atoms with Crippen LogP contribution in [0, 0.1) is 0 Å². The van der Waals surface area contributed by atoms with Crippen LogP contribution >= 0.6 is 0 Å². The molecule has 1 saturated heterocycles. The summed E-state index contributed by atoms with van der Waals surface area (Å²) < 4.78 is 17.7. The van der Waals surface area contributed by atoms with E-state index >= 15 is 0 Å². The molecule has 0 bridgehead atoms. The first-order chi connectivity index (χ1) is 19.0. The van der Waals surface area contributed by atoms with Crippen molar-refractivity contribution in [2.45, 2.75) is 18.9 Å². The van der Waals surface area contributed by atoms with Crippen LogP contribution in [-0.4, -0.2) is 60.6 Å². The molecule has 0 unspecified atom stereocenters. The number of nitrogens with one attached hydrogen (secondary N) is 1. The van der Waals surface area contributed by atoms with Gasteiger partial charge in [0, 0.05) is 42.1 Å². The standard InChI is InChI=1S/C31H32N4O4/c1-35(2)15-6-7-24(36)17-22-18-28-29(19-30(22)39-27-14-16-37-20-27)32-21-33-31(28)34-23-10-12-26(13-11-23)38-25-8-4-3-5-9-25/h3-13,18-19,21,27H,14-17,20H2,1-2H3,(H,32,33,34)/b7-6+/t27-/m0/s1. The van der Waals surface area contributed by atoms with Crippen molar-refractivity contribution in [2.75, 3.05) is 39.2 Å². The number of rotatable bonds is 11. The third kappa shape index (κ3) is 7.19. The van der Waals surface area contributed by atoms with E-state index in [9.17, 15) is 4.79 Å². The highest BCUT2D eigenvalue weighted by atomic mass is 16.5. The first kappa shape index (κ1) is 26.3. The number of fused-ring (bicyclic) bond motifs is 1. The summed E-state index contributed by atoms with van der Waals surface area (Å²) in [6.07, 6.45) is 6.01. The molecule has 0 amide bonds. The van der Waals surface area contributed by atoms with E-state index < -0.39 is 0 Å². The molecule has 4 aromatic rings. The lowest BCUT2D eigenvalue weighted by Crippen LogP contribution is -2.17. The Kier molecular flexibility index (Phi) is 8.45. The fourth-order valence-corrected chi connectivity index (χ4v) is 4.27. The number of allylic oxidation sites excluding steroid dienone is 1. The third-order valence-electron chi connectivity index (χ3n) is 6.23. The number of hydrogen-bond donors (Lipinski definition) is 1. The molecule has 5 rings (SSSR count). The van der Waals surface area contributed by atoms with E-state index in [1.165, 1.54) is 6.33 Å². The Labute approximate surface area is 228 Å². The van der Waals surface area contributed by atoms with E-state index in [2.05, 4.69) is 15.3 Å². The summed E-state index contributed by atoms with van der Waals surface area (Å²) in [5.41, 5.74) is 2.37. The van der Waals surface area contributed by atoms with Crippen molar-refractivity contribution in [1.82, 2.24) is 14.9 Å². The second kappa shape index (κ2) is 12.5. The zero-order chi connectivity index (χ0) is 27.0. The van der Waals surface area contributed by atoms with Gasteiger partial charge in [-0.1, -0.05) is 24.3 Å². The van der Waals surface area contributed by atoms with Crippen molar-refractivity contribution in [3.63, 3.8) is 0 Å². The summed E-state index contributed by atoms with van der Waals surface area (Å²) in [6, 6.07) is 21.2. The fourth-order valence-electron chi connectivity index (χ4n) is 4.27. The van der Waals surface area contributed by atoms with Crippen molar-refractivity contribution >= 4 is 28.2 Å². The van der Waals surface area contributed by atoms with Crippen molar-refractivity contribution in [3.8, 4) is 17.2 Å². The molecule has 1 aromatic heterocycles. The van der Waals surface area contributed by atoms with Gasteiger partial charge in [0.15, 0.2) is 5.78 Å². The second-order valence-corrected chi connectivity index (χ2v) is 9.67. The van der Waals surface area contributed by atoms with E-state index in [1.807, 2.05) is 91.8 Å². The molecule has 1 aliphatic heterocycles. The molecule has 0 saturated carbocycles. The third-order valence-corrected chi connectivity index (χ3v) is 6.23. The van der Waals surface area contributed by atoms with Gasteiger partial charge in [-0.05, 0) is 62.6 Å². The lowest BCUT2D eigenvalue weighted by molar-refractivity contribution is -0.114. The number of nitrogens with zero attached hydrogens (tertiary/aromatic N) is 3. The summed E-state index contributed by atoms with van der Waals surface area (Å²) in [5, 5.41) is 4.19. The minimum Gasteiger partial charge on any atom is -0.488 e. The van der Waals surface area contributed by atoms with Gasteiger partial charge < -0.3 is 24.4 Å². The molecule has 1 aliphatic rings. The molecule has 0 aliphatic carbocycles. The van der Waals surface area contributed by atoms with Crippen LogP contribution in [-0.2, 0) is 16.0 Å². The average Bonchev–Trinajstić information content (AvgIpc) is 3.44. The van der Waals surface area contributed by atoms with Crippen molar-refractivity contribution in [1.29, 1.82) is 0 Å². The predicted molar refractivity (Wildman–Crippen MR) is 152 cm³/mol. The van der Waals surface area contributed by atoms with Gasteiger partial charge in [-0.15, -0.1) is 0 Å². The first-order valence-electron chi connectivity index (χ1n) is 13.0. The molecule has 39 heavy (non-hydrogen) atoms. The van der Waals surface area contributed by atoms with Crippen LogP contribution < -0.4 is 14.8 Å². The number of likely N-dealkylation sites (N-methyl/N-ethyl adjacent to an activating group) is 1. The number of ketones is 1. The number of aromatic nitrogens is 2. The molecule has 3 aromatic carbocycles. The molecule has 200 valence electrons. The van der Waals surface area contributed by atoms with Gasteiger partial charge in [-0.3, -0.25) is 4.79 Å². The van der Waals surface area contributed by atoms with Crippen LogP contribution in [0.25, 0.3) is 10.9 Å². The normalized spacial score (nSPS) is 15.2. The van der Waals surface area contributed by atoms with Crippen LogP contribution in [0.4, 0.5) is 11.5 Å². The number of hydrogen-bond acceptors (Lipinski definition) is 8. The topological polar surface area (TPSA) is 85.8 Å². The smallest absolute Gasteiger partial charge is 0.159 e. The summed E-state index contributed by atoms with van der Waals surface area (Å²) in [5.74, 6) is 2.81. The van der Waals surface area contributed by atoms with Gasteiger partial charge in [0.1, 0.15) is 35.5 Å². The molecule has 1 N–H and O–H groups in total. The van der Waals surface area contributed by atoms with Crippen LogP contribution in [0.1, 0.15) is 12.0 Å². The van der Waals surface area contributed by atoms with Crippen molar-refractivity contribution in [2.24, 2.45) is 0 Å². The number of carbonyl (C=O) groups excluding carboxylic acids is 1. The highest BCUT2D eigenvalue weighted by Gasteiger charge is 2.21. The summed E-state index contributed by atoms with van der Waals surface area (Å²) >= 11 is 0. The van der Waals surface area contributed by atoms with Gasteiger partial charge in [-0.25, -0.2) is 9.97 Å². The SMILES string of the molecule is CN(C)C/C=C/C(=O)Cc1cc2c(Nc3ccc(Oc4ccccc4)cc3)ncnc2cc1O[C@H]1CCOC1. The number of para-hydroxylation sites is 1. The van der Waals surface area contributed by atoms with Crippen molar-refractivity contribution < 1.29 is 19.0 Å². The van der Waals surface area contributed by atoms with Gasteiger partial charge in [0.05, 0.1) is 18.7 Å². The Morgan fingerprint density at radius 1 is 1.08 bits per heavy atom. The highest BCUT2D eigenvalue weighted by molar-refractivity contribution is 5.96. The minimum absolute atomic E-state index is 0.00378. The molecule has 8 heteroatoms. The first-order valence-corrected chi connectivity index (χ1v) is 13.0. The Balaban J connectivity index is 1.40. The maximum Gasteiger partial charge on any atom is 0.159 e. The van der Waals surface area contributed by atoms with E-state index in [0.717, 1.165) is 40.1 Å². The summed E-state index contributed by atoms with van der Waals surface area (Å²) in [6.45, 7) is 1.91. The molecule has 1 fully saturated rings. The van der Waals surface area contributed by atoms with E-state index in [4.69, 9.17) is 14.2 Å². The average molecular weight is 525 g/mol. The highest BCUT2D eigenvalue weighted by Crippen LogP contribution is 2.32.